The molecule has 4 nitrogen and oxygen atoms in total. The standard InChI is InChI=1S/C11H15FN2O2/c12-10-7-8(13)3-4-9(10)11(16)14-5-1-2-6-15/h3-4,7,15H,1-2,5-6,13H2,(H,14,16). The van der Waals surface area contributed by atoms with Crippen LogP contribution in [0, 0.1) is 5.82 Å². The number of nitrogens with one attached hydrogen (secondary N) is 1. The molecule has 0 atom stereocenters. The van der Waals surface area contributed by atoms with E-state index in [1.807, 2.05) is 0 Å². The van der Waals surface area contributed by atoms with Crippen molar-refractivity contribution in [3.8, 4) is 0 Å². The Morgan fingerprint density at radius 2 is 2.19 bits per heavy atom. The van der Waals surface area contributed by atoms with Gasteiger partial charge in [0.05, 0.1) is 5.56 Å². The molecule has 1 aromatic carbocycles. The van der Waals surface area contributed by atoms with Crippen LogP contribution in [0.1, 0.15) is 23.2 Å². The lowest BCUT2D eigenvalue weighted by Crippen LogP contribution is -2.25. The average molecular weight is 226 g/mol. The monoisotopic (exact) mass is 226 g/mol. The first-order valence-corrected chi connectivity index (χ1v) is 5.09. The summed E-state index contributed by atoms with van der Waals surface area (Å²) in [4.78, 5) is 11.5. The van der Waals surface area contributed by atoms with Crippen molar-refractivity contribution in [2.24, 2.45) is 0 Å². The van der Waals surface area contributed by atoms with Crippen molar-refractivity contribution in [1.82, 2.24) is 5.32 Å². The van der Waals surface area contributed by atoms with Gasteiger partial charge in [0.25, 0.3) is 5.91 Å². The summed E-state index contributed by atoms with van der Waals surface area (Å²) in [6.45, 7) is 0.509. The number of nitrogens with two attached hydrogens (primary N) is 1. The summed E-state index contributed by atoms with van der Waals surface area (Å²) < 4.78 is 13.3. The molecule has 0 aromatic heterocycles. The summed E-state index contributed by atoms with van der Waals surface area (Å²) in [5, 5.41) is 11.1. The lowest BCUT2D eigenvalue weighted by molar-refractivity contribution is 0.0948. The van der Waals surface area contributed by atoms with Crippen molar-refractivity contribution in [3.05, 3.63) is 29.6 Å². The third-order valence-electron chi connectivity index (χ3n) is 2.11. The topological polar surface area (TPSA) is 75.4 Å². The van der Waals surface area contributed by atoms with Gasteiger partial charge in [-0.3, -0.25) is 4.79 Å². The molecule has 0 spiro atoms. The van der Waals surface area contributed by atoms with E-state index in [1.165, 1.54) is 12.1 Å². The van der Waals surface area contributed by atoms with E-state index >= 15 is 0 Å². The quantitative estimate of drug-likeness (QED) is 0.516. The van der Waals surface area contributed by atoms with Crippen LogP contribution < -0.4 is 11.1 Å². The number of hydrogen-bond donors (Lipinski definition) is 3. The highest BCUT2D eigenvalue weighted by Gasteiger charge is 2.10. The van der Waals surface area contributed by atoms with Crippen molar-refractivity contribution in [2.75, 3.05) is 18.9 Å². The van der Waals surface area contributed by atoms with Crippen LogP contribution in [0.15, 0.2) is 18.2 Å². The van der Waals surface area contributed by atoms with Gasteiger partial charge >= 0.3 is 0 Å². The molecule has 1 rings (SSSR count). The Bertz CT molecular complexity index is 369. The van der Waals surface area contributed by atoms with E-state index in [0.29, 0.717) is 19.4 Å². The molecule has 0 fully saturated rings. The third-order valence-corrected chi connectivity index (χ3v) is 2.11. The highest BCUT2D eigenvalue weighted by Crippen LogP contribution is 2.11. The first-order valence-electron chi connectivity index (χ1n) is 5.09. The molecule has 5 heteroatoms. The summed E-state index contributed by atoms with van der Waals surface area (Å²) in [7, 11) is 0. The fourth-order valence-corrected chi connectivity index (χ4v) is 1.25. The maximum Gasteiger partial charge on any atom is 0.254 e. The fraction of sp³-hybridized carbons (Fsp3) is 0.364. The zero-order valence-corrected chi connectivity index (χ0v) is 8.87. The lowest BCUT2D eigenvalue weighted by Gasteiger charge is -2.05. The van der Waals surface area contributed by atoms with Crippen LogP contribution in [0.25, 0.3) is 0 Å². The highest BCUT2D eigenvalue weighted by molar-refractivity contribution is 5.94. The molecule has 1 aromatic rings. The molecular weight excluding hydrogens is 211 g/mol. The Hall–Kier alpha value is -1.62. The van der Waals surface area contributed by atoms with Gasteiger partial charge < -0.3 is 16.2 Å². The molecule has 0 bridgehead atoms. The lowest BCUT2D eigenvalue weighted by atomic mass is 10.2. The van der Waals surface area contributed by atoms with Gasteiger partial charge in [-0.1, -0.05) is 0 Å². The summed E-state index contributed by atoms with van der Waals surface area (Å²) in [6.07, 6.45) is 1.28. The molecule has 88 valence electrons. The largest absolute Gasteiger partial charge is 0.399 e. The van der Waals surface area contributed by atoms with Crippen LogP contribution in [0.2, 0.25) is 0 Å². The molecule has 0 heterocycles. The number of rotatable bonds is 5. The van der Waals surface area contributed by atoms with Gasteiger partial charge in [-0.15, -0.1) is 0 Å². The second-order valence-corrected chi connectivity index (χ2v) is 3.43. The Morgan fingerprint density at radius 3 is 2.81 bits per heavy atom. The number of anilines is 1. The second-order valence-electron chi connectivity index (χ2n) is 3.43. The zero-order valence-electron chi connectivity index (χ0n) is 8.87. The maximum absolute atomic E-state index is 13.3. The van der Waals surface area contributed by atoms with E-state index in [-0.39, 0.29) is 17.9 Å². The molecule has 4 N–H and O–H groups in total. The molecule has 0 unspecified atom stereocenters. The van der Waals surface area contributed by atoms with Gasteiger partial charge in [-0.05, 0) is 31.0 Å². The molecule has 16 heavy (non-hydrogen) atoms. The van der Waals surface area contributed by atoms with E-state index in [4.69, 9.17) is 10.8 Å². The van der Waals surface area contributed by atoms with Crippen molar-refractivity contribution >= 4 is 11.6 Å². The number of hydrogen-bond acceptors (Lipinski definition) is 3. The van der Waals surface area contributed by atoms with Crippen LogP contribution in [-0.4, -0.2) is 24.2 Å². The van der Waals surface area contributed by atoms with Gasteiger partial charge in [0, 0.05) is 18.8 Å². The van der Waals surface area contributed by atoms with Crippen molar-refractivity contribution in [3.63, 3.8) is 0 Å². The first kappa shape index (κ1) is 12.4. The number of nitrogen functional groups attached to an aromatic ring is 1. The smallest absolute Gasteiger partial charge is 0.254 e. The van der Waals surface area contributed by atoms with E-state index in [0.717, 1.165) is 6.07 Å². The summed E-state index contributed by atoms with van der Waals surface area (Å²) in [5.74, 6) is -1.09. The number of benzene rings is 1. The predicted molar refractivity (Wildman–Crippen MR) is 59.5 cm³/mol. The Morgan fingerprint density at radius 1 is 1.44 bits per heavy atom. The molecule has 0 saturated heterocycles. The number of aliphatic hydroxyl groups excluding tert-OH is 1. The fourth-order valence-electron chi connectivity index (χ4n) is 1.25. The van der Waals surface area contributed by atoms with E-state index in [1.54, 1.807) is 0 Å². The van der Waals surface area contributed by atoms with Crippen molar-refractivity contribution < 1.29 is 14.3 Å². The molecule has 0 radical (unpaired) electrons. The number of carbonyl (C=O) groups excluding carboxylic acids is 1. The molecular formula is C11H15FN2O2. The molecule has 0 aliphatic carbocycles. The minimum Gasteiger partial charge on any atom is -0.399 e. The van der Waals surface area contributed by atoms with E-state index in [9.17, 15) is 9.18 Å². The van der Waals surface area contributed by atoms with E-state index < -0.39 is 11.7 Å². The van der Waals surface area contributed by atoms with Crippen LogP contribution in [0.4, 0.5) is 10.1 Å². The maximum atomic E-state index is 13.3. The number of aliphatic hydroxyl groups is 1. The molecule has 0 aliphatic heterocycles. The summed E-state index contributed by atoms with van der Waals surface area (Å²) >= 11 is 0. The second kappa shape index (κ2) is 6.07. The normalized spacial score (nSPS) is 10.1. The SMILES string of the molecule is Nc1ccc(C(=O)NCCCCO)c(F)c1. The van der Waals surface area contributed by atoms with Crippen LogP contribution in [-0.2, 0) is 0 Å². The minimum absolute atomic E-state index is 0.0156. The van der Waals surface area contributed by atoms with Gasteiger partial charge in [0.2, 0.25) is 0 Å². The molecule has 0 aliphatic rings. The summed E-state index contributed by atoms with van der Waals surface area (Å²) in [6, 6.07) is 3.94. The first-order chi connectivity index (χ1) is 7.65. The van der Waals surface area contributed by atoms with Crippen molar-refractivity contribution in [1.29, 1.82) is 0 Å². The average Bonchev–Trinajstić information content (AvgIpc) is 2.24. The van der Waals surface area contributed by atoms with Gasteiger partial charge in [0.1, 0.15) is 5.82 Å². The van der Waals surface area contributed by atoms with Crippen LogP contribution >= 0.6 is 0 Å². The molecule has 1 amide bonds. The number of carbonyl (C=O) groups is 1. The van der Waals surface area contributed by atoms with Crippen LogP contribution in [0.5, 0.6) is 0 Å². The van der Waals surface area contributed by atoms with Crippen molar-refractivity contribution in [2.45, 2.75) is 12.8 Å². The minimum atomic E-state index is -0.625. The Kier molecular flexibility index (Phi) is 4.72. The number of unbranched alkanes of at least 4 members (excludes halogenated alkanes) is 1. The van der Waals surface area contributed by atoms with Crippen LogP contribution in [0.3, 0.4) is 0 Å². The Balaban J connectivity index is 2.53. The highest BCUT2D eigenvalue weighted by atomic mass is 19.1. The molecule has 0 saturated carbocycles. The summed E-state index contributed by atoms with van der Waals surface area (Å²) in [5.41, 5.74) is 5.64. The number of halogens is 1. The van der Waals surface area contributed by atoms with Gasteiger partial charge in [0.15, 0.2) is 0 Å². The van der Waals surface area contributed by atoms with Gasteiger partial charge in [-0.25, -0.2) is 4.39 Å². The van der Waals surface area contributed by atoms with E-state index in [2.05, 4.69) is 5.32 Å². The predicted octanol–water partition coefficient (Wildman–Crippen LogP) is 0.910. The third kappa shape index (κ3) is 3.51. The number of amides is 1. The van der Waals surface area contributed by atoms with Gasteiger partial charge in [-0.2, -0.15) is 0 Å². The Labute approximate surface area is 93.3 Å². The zero-order chi connectivity index (χ0) is 12.0.